The van der Waals surface area contributed by atoms with E-state index in [0.29, 0.717) is 0 Å². The van der Waals surface area contributed by atoms with Gasteiger partial charge in [0.2, 0.25) is 0 Å². The Morgan fingerprint density at radius 1 is 1.75 bits per heavy atom. The molecule has 1 nitrogen and oxygen atoms in total. The zero-order chi connectivity index (χ0) is 8.97. The van der Waals surface area contributed by atoms with E-state index in [2.05, 4.69) is 17.7 Å². The second-order valence-electron chi connectivity index (χ2n) is 3.36. The molecule has 0 aliphatic carbocycles. The lowest BCUT2D eigenvalue weighted by atomic mass is 10.2. The van der Waals surface area contributed by atoms with Gasteiger partial charge in [0.25, 0.3) is 0 Å². The van der Waals surface area contributed by atoms with Gasteiger partial charge in [-0.3, -0.25) is 4.90 Å². The Labute approximate surface area is 84.1 Å². The fraction of sp³-hybridized carbons (Fsp3) is 0.778. The molecule has 1 atom stereocenters. The summed E-state index contributed by atoms with van der Waals surface area (Å²) >= 11 is 7.68. The summed E-state index contributed by atoms with van der Waals surface area (Å²) in [6.07, 6.45) is 3.49. The highest BCUT2D eigenvalue weighted by molar-refractivity contribution is 7.98. The van der Waals surface area contributed by atoms with E-state index in [1.165, 1.54) is 25.3 Å². The fourth-order valence-corrected chi connectivity index (χ4v) is 2.58. The van der Waals surface area contributed by atoms with E-state index in [9.17, 15) is 0 Å². The lowest BCUT2D eigenvalue weighted by molar-refractivity contribution is 0.362. The van der Waals surface area contributed by atoms with Gasteiger partial charge in [-0.1, -0.05) is 18.2 Å². The third-order valence-electron chi connectivity index (χ3n) is 2.17. The lowest BCUT2D eigenvalue weighted by Crippen LogP contribution is -2.22. The van der Waals surface area contributed by atoms with Crippen molar-refractivity contribution < 1.29 is 0 Å². The molecule has 12 heavy (non-hydrogen) atoms. The number of nitrogens with zero attached hydrogens (tertiary/aromatic N) is 1. The second-order valence-corrected chi connectivity index (χ2v) is 4.81. The van der Waals surface area contributed by atoms with Crippen LogP contribution in [0.4, 0.5) is 0 Å². The largest absolute Gasteiger partial charge is 0.298 e. The van der Waals surface area contributed by atoms with E-state index in [1.807, 2.05) is 11.8 Å². The number of likely N-dealkylation sites (tertiary alicyclic amines) is 1. The minimum absolute atomic E-state index is 0.764. The monoisotopic (exact) mass is 205 g/mol. The molecular weight excluding hydrogens is 190 g/mol. The molecule has 1 rings (SSSR count). The Morgan fingerprint density at radius 3 is 3.08 bits per heavy atom. The molecule has 1 saturated heterocycles. The van der Waals surface area contributed by atoms with Gasteiger partial charge in [-0.2, -0.15) is 11.8 Å². The van der Waals surface area contributed by atoms with Gasteiger partial charge in [0.05, 0.1) is 0 Å². The molecule has 1 unspecified atom stereocenters. The third-order valence-corrected chi connectivity index (χ3v) is 3.09. The van der Waals surface area contributed by atoms with Gasteiger partial charge in [-0.05, 0) is 30.9 Å². The number of rotatable bonds is 4. The van der Waals surface area contributed by atoms with E-state index >= 15 is 0 Å². The summed E-state index contributed by atoms with van der Waals surface area (Å²) in [7, 11) is 0. The molecule has 70 valence electrons. The van der Waals surface area contributed by atoms with Gasteiger partial charge < -0.3 is 0 Å². The van der Waals surface area contributed by atoms with Crippen molar-refractivity contribution >= 4 is 23.4 Å². The maximum atomic E-state index is 5.74. The Balaban J connectivity index is 2.21. The molecule has 0 aromatic carbocycles. The molecule has 0 N–H and O–H groups in total. The van der Waals surface area contributed by atoms with Crippen LogP contribution in [-0.4, -0.2) is 36.5 Å². The minimum Gasteiger partial charge on any atom is -0.298 e. The number of hydrogen-bond acceptors (Lipinski definition) is 2. The van der Waals surface area contributed by atoms with Crippen LogP contribution in [0.5, 0.6) is 0 Å². The first-order valence-electron chi connectivity index (χ1n) is 4.27. The first kappa shape index (κ1) is 10.4. The van der Waals surface area contributed by atoms with Crippen LogP contribution in [0.2, 0.25) is 0 Å². The van der Waals surface area contributed by atoms with E-state index < -0.39 is 0 Å². The van der Waals surface area contributed by atoms with Crippen LogP contribution in [0.1, 0.15) is 6.42 Å². The molecule has 0 spiro atoms. The van der Waals surface area contributed by atoms with Crippen molar-refractivity contribution in [1.29, 1.82) is 0 Å². The Bertz CT molecular complexity index is 161. The zero-order valence-electron chi connectivity index (χ0n) is 7.55. The Hall–Kier alpha value is 0.340. The smallest absolute Gasteiger partial charge is 0.0335 e. The van der Waals surface area contributed by atoms with Gasteiger partial charge in [0.15, 0.2) is 0 Å². The van der Waals surface area contributed by atoms with Gasteiger partial charge in [0, 0.05) is 18.1 Å². The van der Waals surface area contributed by atoms with Crippen LogP contribution in [0.15, 0.2) is 11.6 Å². The average molecular weight is 206 g/mol. The predicted octanol–water partition coefficient (Wildman–Crippen LogP) is 2.42. The normalized spacial score (nSPS) is 24.7. The molecule has 1 fully saturated rings. The third kappa shape index (κ3) is 3.38. The van der Waals surface area contributed by atoms with E-state index in [1.54, 1.807) is 0 Å². The van der Waals surface area contributed by atoms with Gasteiger partial charge in [-0.25, -0.2) is 0 Å². The van der Waals surface area contributed by atoms with Crippen molar-refractivity contribution in [1.82, 2.24) is 4.90 Å². The molecule has 0 aromatic rings. The van der Waals surface area contributed by atoms with E-state index in [0.717, 1.165) is 17.5 Å². The molecular formula is C9H16ClNS. The molecule has 1 aliphatic heterocycles. The highest BCUT2D eigenvalue weighted by Crippen LogP contribution is 2.20. The maximum Gasteiger partial charge on any atom is 0.0335 e. The van der Waals surface area contributed by atoms with Crippen LogP contribution in [0.25, 0.3) is 0 Å². The SMILES string of the molecule is C=C(Cl)CN1CCC(CSC)C1. The first-order chi connectivity index (χ1) is 5.72. The van der Waals surface area contributed by atoms with E-state index in [-0.39, 0.29) is 0 Å². The molecule has 0 aromatic heterocycles. The fourth-order valence-electron chi connectivity index (χ4n) is 1.67. The number of halogens is 1. The van der Waals surface area contributed by atoms with Crippen molar-refractivity contribution in [2.75, 3.05) is 31.6 Å². The summed E-state index contributed by atoms with van der Waals surface area (Å²) < 4.78 is 0. The highest BCUT2D eigenvalue weighted by atomic mass is 35.5. The molecule has 0 amide bonds. The van der Waals surface area contributed by atoms with Crippen LogP contribution in [-0.2, 0) is 0 Å². The zero-order valence-corrected chi connectivity index (χ0v) is 9.13. The summed E-state index contributed by atoms with van der Waals surface area (Å²) in [5, 5.41) is 0.764. The molecule has 0 saturated carbocycles. The number of hydrogen-bond donors (Lipinski definition) is 0. The molecule has 3 heteroatoms. The van der Waals surface area contributed by atoms with E-state index in [4.69, 9.17) is 11.6 Å². The van der Waals surface area contributed by atoms with Crippen LogP contribution in [0, 0.1) is 5.92 Å². The lowest BCUT2D eigenvalue weighted by Gasteiger charge is -2.14. The Kier molecular flexibility index (Phi) is 4.47. The summed E-state index contributed by atoms with van der Waals surface area (Å²) in [5.74, 6) is 2.15. The van der Waals surface area contributed by atoms with Crippen molar-refractivity contribution in [3.05, 3.63) is 11.6 Å². The molecule has 1 heterocycles. The topological polar surface area (TPSA) is 3.24 Å². The standard InChI is InChI=1S/C9H16ClNS/c1-8(10)5-11-4-3-9(6-11)7-12-2/h9H,1,3-7H2,2H3. The predicted molar refractivity (Wildman–Crippen MR) is 57.9 cm³/mol. The summed E-state index contributed by atoms with van der Waals surface area (Å²) in [5.41, 5.74) is 0. The van der Waals surface area contributed by atoms with Gasteiger partial charge in [0.1, 0.15) is 0 Å². The van der Waals surface area contributed by atoms with Crippen LogP contribution in [0.3, 0.4) is 0 Å². The van der Waals surface area contributed by atoms with Crippen molar-refractivity contribution in [3.63, 3.8) is 0 Å². The second kappa shape index (κ2) is 5.15. The average Bonchev–Trinajstić information content (AvgIpc) is 2.36. The molecule has 1 aliphatic rings. The number of thioether (sulfide) groups is 1. The van der Waals surface area contributed by atoms with Crippen molar-refractivity contribution in [3.8, 4) is 0 Å². The maximum absolute atomic E-state index is 5.74. The van der Waals surface area contributed by atoms with Crippen LogP contribution >= 0.6 is 23.4 Å². The van der Waals surface area contributed by atoms with Crippen molar-refractivity contribution in [2.24, 2.45) is 5.92 Å². The highest BCUT2D eigenvalue weighted by Gasteiger charge is 2.21. The van der Waals surface area contributed by atoms with Crippen molar-refractivity contribution in [2.45, 2.75) is 6.42 Å². The Morgan fingerprint density at radius 2 is 2.50 bits per heavy atom. The molecule has 0 bridgehead atoms. The summed E-state index contributed by atoms with van der Waals surface area (Å²) in [6, 6.07) is 0. The summed E-state index contributed by atoms with van der Waals surface area (Å²) in [4.78, 5) is 2.39. The quantitative estimate of drug-likeness (QED) is 0.694. The van der Waals surface area contributed by atoms with Crippen LogP contribution < -0.4 is 0 Å². The minimum atomic E-state index is 0.764. The first-order valence-corrected chi connectivity index (χ1v) is 6.04. The molecule has 0 radical (unpaired) electrons. The van der Waals surface area contributed by atoms with Gasteiger partial charge in [-0.15, -0.1) is 0 Å². The van der Waals surface area contributed by atoms with Gasteiger partial charge >= 0.3 is 0 Å². The summed E-state index contributed by atoms with van der Waals surface area (Å²) in [6.45, 7) is 6.97.